The van der Waals surface area contributed by atoms with Crippen molar-refractivity contribution in [3.05, 3.63) is 57.3 Å². The summed E-state index contributed by atoms with van der Waals surface area (Å²) in [6.45, 7) is 0. The molecule has 0 radical (unpaired) electrons. The highest BCUT2D eigenvalue weighted by Crippen LogP contribution is 2.40. The maximum Gasteiger partial charge on any atom is 0.210 e. The van der Waals surface area contributed by atoms with E-state index >= 15 is 0 Å². The van der Waals surface area contributed by atoms with Gasteiger partial charge in [-0.25, -0.2) is 16.8 Å². The van der Waals surface area contributed by atoms with Gasteiger partial charge < -0.3 is 9.84 Å². The molecule has 4 aliphatic rings. The third-order valence-corrected chi connectivity index (χ3v) is 12.5. The molecule has 8 nitrogen and oxygen atoms in total. The van der Waals surface area contributed by atoms with Crippen molar-refractivity contribution in [1.82, 2.24) is 0 Å². The highest BCUT2D eigenvalue weighted by Gasteiger charge is 2.38. The number of methoxy groups -OCH3 is 1. The van der Waals surface area contributed by atoms with Gasteiger partial charge in [-0.05, 0) is 85.4 Å². The summed E-state index contributed by atoms with van der Waals surface area (Å²) >= 11 is 0. The standard InChI is InChI=1S/C17H20O4S.C16H18O4S/c1-21-14-9-8-13-10-16(22(19,20)15(13)11-14)17(18)12-6-4-2-3-5-7-12;17-13-8-7-12-9-15(21(19,20)14(12)10-13)16(18)11-5-3-1-2-4-6-11/h8-12H,2-7H2,1H3;7-11,17H,1-6H2. The van der Waals surface area contributed by atoms with E-state index in [1.54, 1.807) is 12.1 Å². The number of sulfone groups is 2. The van der Waals surface area contributed by atoms with Gasteiger partial charge in [0.15, 0.2) is 11.6 Å². The Morgan fingerprint density at radius 2 is 1.07 bits per heavy atom. The maximum atomic E-state index is 12.7. The van der Waals surface area contributed by atoms with Gasteiger partial charge >= 0.3 is 0 Å². The van der Waals surface area contributed by atoms with E-state index in [4.69, 9.17) is 4.74 Å². The number of carbonyl (C=O) groups is 2. The van der Waals surface area contributed by atoms with E-state index in [0.717, 1.165) is 77.0 Å². The van der Waals surface area contributed by atoms with Gasteiger partial charge in [0.25, 0.3) is 0 Å². The molecule has 0 spiro atoms. The van der Waals surface area contributed by atoms with Crippen LogP contribution in [0.15, 0.2) is 56.0 Å². The van der Waals surface area contributed by atoms with Crippen molar-refractivity contribution in [2.24, 2.45) is 11.8 Å². The molecule has 2 aromatic rings. The summed E-state index contributed by atoms with van der Waals surface area (Å²) in [7, 11) is -5.99. The number of phenols is 1. The largest absolute Gasteiger partial charge is 0.508 e. The zero-order valence-electron chi connectivity index (χ0n) is 24.4. The molecule has 0 saturated heterocycles. The summed E-state index contributed by atoms with van der Waals surface area (Å²) in [5, 5.41) is 9.47. The Hall–Kier alpha value is -3.24. The van der Waals surface area contributed by atoms with E-state index in [-0.39, 0.29) is 48.8 Å². The number of hydrogen-bond donors (Lipinski definition) is 1. The first-order chi connectivity index (χ1) is 20.5. The van der Waals surface area contributed by atoms with Crippen LogP contribution in [-0.2, 0) is 29.3 Å². The Bertz CT molecular complexity index is 1680. The van der Waals surface area contributed by atoms with Crippen LogP contribution in [0.25, 0.3) is 12.2 Å². The Balaban J connectivity index is 0.000000171. The van der Waals surface area contributed by atoms with E-state index < -0.39 is 19.7 Å². The van der Waals surface area contributed by atoms with Gasteiger partial charge in [0.2, 0.25) is 19.7 Å². The fourth-order valence-corrected chi connectivity index (χ4v) is 9.76. The molecule has 2 fully saturated rings. The second-order valence-electron chi connectivity index (χ2n) is 11.8. The number of benzene rings is 2. The fourth-order valence-electron chi connectivity index (χ4n) is 6.44. The van der Waals surface area contributed by atoms with Gasteiger partial charge in [-0.2, -0.15) is 0 Å². The van der Waals surface area contributed by atoms with Crippen LogP contribution in [0.3, 0.4) is 0 Å². The molecule has 0 bridgehead atoms. The zero-order chi connectivity index (χ0) is 30.8. The van der Waals surface area contributed by atoms with Crippen molar-refractivity contribution in [1.29, 1.82) is 0 Å². The molecule has 230 valence electrons. The molecule has 1 N–H and O–H groups in total. The van der Waals surface area contributed by atoms with Crippen LogP contribution in [0, 0.1) is 11.8 Å². The second kappa shape index (κ2) is 12.8. The topological polar surface area (TPSA) is 132 Å². The molecule has 43 heavy (non-hydrogen) atoms. The Morgan fingerprint density at radius 1 is 0.651 bits per heavy atom. The number of phenolic OH excluding ortho intramolecular Hbond substituents is 1. The molecular weight excluding hydrogens is 588 g/mol. The fraction of sp³-hybridized carbons (Fsp3) is 0.455. The normalized spacial score (nSPS) is 21.1. The Morgan fingerprint density at radius 3 is 1.51 bits per heavy atom. The van der Waals surface area contributed by atoms with Crippen LogP contribution in [0.4, 0.5) is 0 Å². The summed E-state index contributed by atoms with van der Waals surface area (Å²) in [5.41, 5.74) is 1.07. The summed E-state index contributed by atoms with van der Waals surface area (Å²) in [6, 6.07) is 9.09. The number of hydrogen-bond acceptors (Lipinski definition) is 8. The molecule has 2 aliphatic heterocycles. The van der Waals surface area contributed by atoms with E-state index in [1.807, 2.05) is 0 Å². The van der Waals surface area contributed by atoms with Crippen molar-refractivity contribution in [2.75, 3.05) is 7.11 Å². The lowest BCUT2D eigenvalue weighted by molar-refractivity contribution is -0.119. The van der Waals surface area contributed by atoms with Crippen molar-refractivity contribution in [2.45, 2.75) is 86.8 Å². The third kappa shape index (κ3) is 6.36. The van der Waals surface area contributed by atoms with Gasteiger partial charge in [-0.1, -0.05) is 51.4 Å². The van der Waals surface area contributed by atoms with Crippen LogP contribution < -0.4 is 4.74 Å². The highest BCUT2D eigenvalue weighted by molar-refractivity contribution is 7.97. The monoisotopic (exact) mass is 626 g/mol. The molecule has 2 saturated carbocycles. The van der Waals surface area contributed by atoms with Crippen molar-refractivity contribution in [3.8, 4) is 11.5 Å². The quantitative estimate of drug-likeness (QED) is 0.376. The molecule has 0 aromatic heterocycles. The van der Waals surface area contributed by atoms with E-state index in [0.29, 0.717) is 16.9 Å². The van der Waals surface area contributed by atoms with Crippen molar-refractivity contribution in [3.63, 3.8) is 0 Å². The second-order valence-corrected chi connectivity index (χ2v) is 15.5. The average Bonchev–Trinajstić information content (AvgIpc) is 3.24. The maximum absolute atomic E-state index is 12.7. The van der Waals surface area contributed by atoms with Gasteiger partial charge in [0, 0.05) is 11.8 Å². The highest BCUT2D eigenvalue weighted by atomic mass is 32.2. The molecule has 2 aromatic carbocycles. The predicted molar refractivity (Wildman–Crippen MR) is 164 cm³/mol. The Labute approximate surface area is 253 Å². The molecule has 6 rings (SSSR count). The van der Waals surface area contributed by atoms with E-state index in [9.17, 15) is 31.5 Å². The smallest absolute Gasteiger partial charge is 0.210 e. The van der Waals surface area contributed by atoms with Crippen LogP contribution >= 0.6 is 0 Å². The van der Waals surface area contributed by atoms with E-state index in [2.05, 4.69) is 0 Å². The van der Waals surface area contributed by atoms with Gasteiger partial charge in [-0.15, -0.1) is 0 Å². The molecular formula is C33H38O8S2. The molecule has 0 amide bonds. The van der Waals surface area contributed by atoms with Crippen molar-refractivity contribution >= 4 is 43.4 Å². The minimum absolute atomic E-state index is 0.0392. The van der Waals surface area contributed by atoms with Crippen LogP contribution in [-0.4, -0.2) is 40.6 Å². The first-order valence-corrected chi connectivity index (χ1v) is 18.0. The Kier molecular flexibility index (Phi) is 9.27. The first kappa shape index (κ1) is 31.2. The summed E-state index contributed by atoms with van der Waals surface area (Å²) < 4.78 is 55.5. The number of allylic oxidation sites excluding steroid dienone is 2. The van der Waals surface area contributed by atoms with Crippen molar-refractivity contribution < 1.29 is 36.3 Å². The number of Topliss-reactive ketones (excluding diaryl/α,β-unsaturated/α-hetero) is 2. The average molecular weight is 627 g/mol. The minimum Gasteiger partial charge on any atom is -0.508 e. The molecule has 2 heterocycles. The molecule has 2 aliphatic carbocycles. The van der Waals surface area contributed by atoms with Gasteiger partial charge in [0.1, 0.15) is 21.3 Å². The third-order valence-electron chi connectivity index (χ3n) is 8.89. The van der Waals surface area contributed by atoms with Gasteiger partial charge in [-0.3, -0.25) is 9.59 Å². The SMILES string of the molecule is COc1ccc2c(c1)S(=O)(=O)C(C(=O)C1CCCCCC1)=C2.O=C(C1=Cc2ccc(O)cc2S1(=O)=O)C1CCCCCC1. The number of fused-ring (bicyclic) bond motifs is 2. The molecule has 10 heteroatoms. The lowest BCUT2D eigenvalue weighted by Gasteiger charge is -2.13. The lowest BCUT2D eigenvalue weighted by Crippen LogP contribution is -2.19. The number of rotatable bonds is 5. The number of aromatic hydroxyl groups is 1. The number of ketones is 2. The predicted octanol–water partition coefficient (Wildman–Crippen LogP) is 6.42. The summed E-state index contributed by atoms with van der Waals surface area (Å²) in [6.07, 6.45) is 14.6. The molecule has 0 unspecified atom stereocenters. The number of ether oxygens (including phenoxy) is 1. The molecule has 0 atom stereocenters. The van der Waals surface area contributed by atoms with E-state index in [1.165, 1.54) is 43.5 Å². The first-order valence-electron chi connectivity index (χ1n) is 15.1. The van der Waals surface area contributed by atoms with Crippen LogP contribution in [0.1, 0.15) is 88.2 Å². The van der Waals surface area contributed by atoms with Gasteiger partial charge in [0.05, 0.1) is 16.9 Å². The summed E-state index contributed by atoms with van der Waals surface area (Å²) in [5.74, 6) is -0.423. The lowest BCUT2D eigenvalue weighted by atomic mass is 9.94. The summed E-state index contributed by atoms with van der Waals surface area (Å²) in [4.78, 5) is 25.4. The number of carbonyl (C=O) groups excluding carboxylic acids is 2. The van der Waals surface area contributed by atoms with Crippen LogP contribution in [0.2, 0.25) is 0 Å². The van der Waals surface area contributed by atoms with Crippen LogP contribution in [0.5, 0.6) is 11.5 Å². The minimum atomic E-state index is -3.78. The zero-order valence-corrected chi connectivity index (χ0v) is 26.0.